The molecule has 0 aromatic rings. The van der Waals surface area contributed by atoms with Gasteiger partial charge in [0, 0.05) is 20.6 Å². The molecule has 0 aromatic carbocycles. The maximum absolute atomic E-state index is 11.2. The average molecular weight is 421 g/mol. The van der Waals surface area contributed by atoms with Crippen LogP contribution in [0.3, 0.4) is 0 Å². The number of hydrogen-bond donors (Lipinski definition) is 1. The SMILES string of the molecule is CO[C@@H]1CC[C@@]2(C)[C@H](CC[C@@H]3[C@@H]2C[C@H](OC)[C@]2(C)[C@@H]([C@H](C)CCC(=O)O)CC[C@@H]32)C1. The summed E-state index contributed by atoms with van der Waals surface area (Å²) in [6, 6.07) is 0. The van der Waals surface area contributed by atoms with Crippen LogP contribution in [0.4, 0.5) is 0 Å². The fourth-order valence-electron chi connectivity index (χ4n) is 9.23. The summed E-state index contributed by atoms with van der Waals surface area (Å²) in [5.41, 5.74) is 0.629. The molecule has 10 atom stereocenters. The molecule has 0 amide bonds. The molecule has 172 valence electrons. The molecular formula is C26H44O4. The summed E-state index contributed by atoms with van der Waals surface area (Å²) in [7, 11) is 3.81. The van der Waals surface area contributed by atoms with Gasteiger partial charge in [-0.3, -0.25) is 4.79 Å². The zero-order valence-electron chi connectivity index (χ0n) is 19.9. The summed E-state index contributed by atoms with van der Waals surface area (Å²) in [6.07, 6.45) is 12.1. The summed E-state index contributed by atoms with van der Waals surface area (Å²) in [4.78, 5) is 11.2. The summed E-state index contributed by atoms with van der Waals surface area (Å²) in [6.45, 7) is 7.40. The number of carboxylic acid groups (broad SMARTS) is 1. The van der Waals surface area contributed by atoms with Gasteiger partial charge in [-0.2, -0.15) is 0 Å². The molecular weight excluding hydrogens is 376 g/mol. The molecule has 4 nitrogen and oxygen atoms in total. The summed E-state index contributed by atoms with van der Waals surface area (Å²) < 4.78 is 12.1. The number of rotatable bonds is 6. The van der Waals surface area contributed by atoms with Gasteiger partial charge in [-0.1, -0.05) is 20.8 Å². The Morgan fingerprint density at radius 1 is 1.03 bits per heavy atom. The minimum atomic E-state index is -0.661. The minimum absolute atomic E-state index is 0.195. The van der Waals surface area contributed by atoms with Crippen molar-refractivity contribution in [1.29, 1.82) is 0 Å². The van der Waals surface area contributed by atoms with Crippen LogP contribution < -0.4 is 0 Å². The van der Waals surface area contributed by atoms with Crippen molar-refractivity contribution in [2.24, 2.45) is 46.3 Å². The van der Waals surface area contributed by atoms with Crippen LogP contribution in [-0.4, -0.2) is 37.5 Å². The normalized spacial score (nSPS) is 49.0. The van der Waals surface area contributed by atoms with E-state index < -0.39 is 5.97 Å². The van der Waals surface area contributed by atoms with Crippen molar-refractivity contribution in [3.05, 3.63) is 0 Å². The zero-order chi connectivity index (χ0) is 21.7. The number of ether oxygens (including phenoxy) is 2. The van der Waals surface area contributed by atoms with Gasteiger partial charge >= 0.3 is 5.97 Å². The van der Waals surface area contributed by atoms with Crippen LogP contribution in [-0.2, 0) is 14.3 Å². The van der Waals surface area contributed by atoms with Crippen LogP contribution >= 0.6 is 0 Å². The number of carboxylic acids is 1. The highest BCUT2D eigenvalue weighted by atomic mass is 16.5. The van der Waals surface area contributed by atoms with E-state index in [1.54, 1.807) is 0 Å². The van der Waals surface area contributed by atoms with Crippen LogP contribution in [0.15, 0.2) is 0 Å². The molecule has 30 heavy (non-hydrogen) atoms. The highest BCUT2D eigenvalue weighted by Crippen LogP contribution is 2.68. The maximum atomic E-state index is 11.2. The Morgan fingerprint density at radius 3 is 2.47 bits per heavy atom. The molecule has 4 aliphatic carbocycles. The molecule has 1 N–H and O–H groups in total. The predicted molar refractivity (Wildman–Crippen MR) is 118 cm³/mol. The van der Waals surface area contributed by atoms with E-state index in [-0.39, 0.29) is 5.41 Å². The number of hydrogen-bond acceptors (Lipinski definition) is 3. The van der Waals surface area contributed by atoms with Gasteiger partial charge in [0.05, 0.1) is 12.2 Å². The lowest BCUT2D eigenvalue weighted by Gasteiger charge is -2.63. The van der Waals surface area contributed by atoms with Gasteiger partial charge in [-0.15, -0.1) is 0 Å². The highest BCUT2D eigenvalue weighted by Gasteiger charge is 2.64. The van der Waals surface area contributed by atoms with Gasteiger partial charge in [-0.05, 0) is 104 Å². The van der Waals surface area contributed by atoms with Gasteiger partial charge in [0.15, 0.2) is 0 Å². The smallest absolute Gasteiger partial charge is 0.303 e. The molecule has 0 saturated heterocycles. The van der Waals surface area contributed by atoms with Gasteiger partial charge in [0.2, 0.25) is 0 Å². The highest BCUT2D eigenvalue weighted by molar-refractivity contribution is 5.66. The van der Waals surface area contributed by atoms with Crippen molar-refractivity contribution >= 4 is 5.97 Å². The first-order chi connectivity index (χ1) is 14.3. The van der Waals surface area contributed by atoms with Crippen molar-refractivity contribution in [3.8, 4) is 0 Å². The largest absolute Gasteiger partial charge is 0.481 e. The second-order valence-electron chi connectivity index (χ2n) is 11.7. The van der Waals surface area contributed by atoms with E-state index in [4.69, 9.17) is 9.47 Å². The van der Waals surface area contributed by atoms with E-state index in [1.807, 2.05) is 14.2 Å². The van der Waals surface area contributed by atoms with Gasteiger partial charge in [0.25, 0.3) is 0 Å². The molecule has 4 heteroatoms. The fourth-order valence-corrected chi connectivity index (χ4v) is 9.23. The maximum Gasteiger partial charge on any atom is 0.303 e. The fraction of sp³-hybridized carbons (Fsp3) is 0.962. The third-order valence-electron chi connectivity index (χ3n) is 10.9. The van der Waals surface area contributed by atoms with E-state index in [0.29, 0.717) is 35.9 Å². The topological polar surface area (TPSA) is 55.8 Å². The number of fused-ring (bicyclic) bond motifs is 5. The van der Waals surface area contributed by atoms with Gasteiger partial charge in [-0.25, -0.2) is 0 Å². The van der Waals surface area contributed by atoms with E-state index in [9.17, 15) is 9.90 Å². The Kier molecular flexibility index (Phi) is 6.31. The molecule has 4 saturated carbocycles. The van der Waals surface area contributed by atoms with E-state index in [0.717, 1.165) is 30.1 Å². The van der Waals surface area contributed by atoms with Crippen LogP contribution in [0.5, 0.6) is 0 Å². The predicted octanol–water partition coefficient (Wildman–Crippen LogP) is 5.79. The molecule has 0 radical (unpaired) electrons. The third kappa shape index (κ3) is 3.45. The van der Waals surface area contributed by atoms with Crippen molar-refractivity contribution < 1.29 is 19.4 Å². The van der Waals surface area contributed by atoms with Crippen molar-refractivity contribution in [2.45, 2.75) is 97.2 Å². The van der Waals surface area contributed by atoms with Crippen molar-refractivity contribution in [2.75, 3.05) is 14.2 Å². The van der Waals surface area contributed by atoms with Crippen LogP contribution in [0, 0.1) is 46.3 Å². The summed E-state index contributed by atoms with van der Waals surface area (Å²) in [5.74, 6) is 3.49. The first-order valence-electron chi connectivity index (χ1n) is 12.5. The first kappa shape index (κ1) is 22.6. The Hall–Kier alpha value is -0.610. The van der Waals surface area contributed by atoms with E-state index in [1.165, 1.54) is 51.4 Å². The Bertz CT molecular complexity index is 635. The molecule has 4 aliphatic rings. The van der Waals surface area contributed by atoms with E-state index >= 15 is 0 Å². The number of carbonyl (C=O) groups is 1. The monoisotopic (exact) mass is 420 g/mol. The zero-order valence-corrected chi connectivity index (χ0v) is 19.9. The second-order valence-corrected chi connectivity index (χ2v) is 11.7. The summed E-state index contributed by atoms with van der Waals surface area (Å²) in [5, 5.41) is 9.20. The van der Waals surface area contributed by atoms with Crippen molar-refractivity contribution in [3.63, 3.8) is 0 Å². The van der Waals surface area contributed by atoms with Crippen molar-refractivity contribution in [1.82, 2.24) is 0 Å². The second kappa shape index (κ2) is 8.39. The quantitative estimate of drug-likeness (QED) is 0.591. The molecule has 0 bridgehead atoms. The van der Waals surface area contributed by atoms with E-state index in [2.05, 4.69) is 20.8 Å². The molecule has 0 heterocycles. The third-order valence-corrected chi connectivity index (χ3v) is 10.9. The minimum Gasteiger partial charge on any atom is -0.481 e. The summed E-state index contributed by atoms with van der Waals surface area (Å²) >= 11 is 0. The molecule has 4 fully saturated rings. The Labute approximate surface area is 183 Å². The molecule has 0 spiro atoms. The Balaban J connectivity index is 1.58. The first-order valence-corrected chi connectivity index (χ1v) is 12.5. The molecule has 0 aromatic heterocycles. The number of methoxy groups -OCH3 is 2. The molecule has 4 rings (SSSR count). The Morgan fingerprint density at radius 2 is 1.80 bits per heavy atom. The van der Waals surface area contributed by atoms with Crippen LogP contribution in [0.2, 0.25) is 0 Å². The van der Waals surface area contributed by atoms with Gasteiger partial charge < -0.3 is 14.6 Å². The van der Waals surface area contributed by atoms with Gasteiger partial charge in [0.1, 0.15) is 0 Å². The lowest BCUT2D eigenvalue weighted by molar-refractivity contribution is -0.184. The standard InChI is InChI=1S/C26H44O4/c1-16(6-11-24(27)28)20-9-10-21-19-8-7-17-14-18(29-4)12-13-25(17,2)22(19)15-23(30-5)26(20,21)3/h16-23H,6-15H2,1-5H3,(H,27,28)/t16-,17-,18-,19+,20-,21+,22+,23+,25+,26-/m1/s1. The number of aliphatic carboxylic acids is 1. The van der Waals surface area contributed by atoms with Crippen LogP contribution in [0.25, 0.3) is 0 Å². The van der Waals surface area contributed by atoms with Crippen LogP contribution in [0.1, 0.15) is 85.0 Å². The lowest BCUT2D eigenvalue weighted by atomic mass is 9.43. The molecule has 0 unspecified atom stereocenters. The lowest BCUT2D eigenvalue weighted by Crippen LogP contribution is -2.59. The average Bonchev–Trinajstić information content (AvgIpc) is 3.08. The molecule has 0 aliphatic heterocycles.